The van der Waals surface area contributed by atoms with Gasteiger partial charge in [-0.2, -0.15) is 5.48 Å². The molecule has 1 heterocycles. The number of aliphatic hydroxyl groups is 1. The second kappa shape index (κ2) is 6.45. The lowest BCUT2D eigenvalue weighted by molar-refractivity contribution is -0.119. The molecule has 2 atom stereocenters. The van der Waals surface area contributed by atoms with Crippen molar-refractivity contribution in [3.8, 4) is 11.8 Å². The second-order valence-electron chi connectivity index (χ2n) is 3.66. The Bertz CT molecular complexity index is 423. The Balaban J connectivity index is 0.00000289. The number of hydrogen-bond donors (Lipinski definition) is 6. The number of rotatable bonds is 5. The van der Waals surface area contributed by atoms with E-state index in [1.165, 1.54) is 13.0 Å². The predicted octanol–water partition coefficient (Wildman–Crippen LogP) is -0.793. The number of carbonyl (C=O) groups excluding carboxylic acids is 1. The van der Waals surface area contributed by atoms with E-state index in [1.807, 2.05) is 0 Å². The van der Waals surface area contributed by atoms with E-state index in [2.05, 4.69) is 0 Å². The molecule has 7 N–H and O–H groups in total. The highest BCUT2D eigenvalue weighted by Crippen LogP contribution is 2.33. The van der Waals surface area contributed by atoms with E-state index in [1.54, 1.807) is 5.48 Å². The number of nitrogens with zero attached hydrogens (tertiary/aromatic N) is 1. The van der Waals surface area contributed by atoms with Crippen molar-refractivity contribution < 1.29 is 25.3 Å². The van der Waals surface area contributed by atoms with Crippen LogP contribution >= 0.6 is 12.4 Å². The van der Waals surface area contributed by atoms with Crippen LogP contribution in [0.15, 0.2) is 6.07 Å². The lowest BCUT2D eigenvalue weighted by Gasteiger charge is -2.12. The minimum atomic E-state index is -1.36. The van der Waals surface area contributed by atoms with Gasteiger partial charge in [0, 0.05) is 11.6 Å². The largest absolute Gasteiger partial charge is 0.494 e. The zero-order chi connectivity index (χ0) is 13.2. The third-order valence-electron chi connectivity index (χ3n) is 2.47. The second-order valence-corrected chi connectivity index (χ2v) is 3.66. The molecule has 1 rings (SSSR count). The van der Waals surface area contributed by atoms with Crippen molar-refractivity contribution in [3.63, 3.8) is 0 Å². The van der Waals surface area contributed by atoms with Crippen molar-refractivity contribution in [2.45, 2.75) is 25.6 Å². The Morgan fingerprint density at radius 2 is 2.11 bits per heavy atom. The summed E-state index contributed by atoms with van der Waals surface area (Å²) in [4.78, 5) is 11.0. The van der Waals surface area contributed by atoms with Crippen molar-refractivity contribution in [3.05, 3.63) is 11.6 Å². The van der Waals surface area contributed by atoms with Gasteiger partial charge in [0.1, 0.15) is 6.23 Å². The standard InChI is InChI=1S/C9H15N3O5.ClH/c1-4(8(10)15)5-2-7(14)12(9(5)16)3-6(13)11-17;/h2,4,6,11,13-14,16-17H,3H2,1H3,(H2,10,15);1H/t4-,6-;/m0./s1. The number of nitrogens with two attached hydrogens (primary N) is 1. The van der Waals surface area contributed by atoms with Crippen molar-refractivity contribution in [2.24, 2.45) is 5.73 Å². The van der Waals surface area contributed by atoms with Crippen LogP contribution in [0.1, 0.15) is 18.4 Å². The molecule has 0 aromatic carbocycles. The Morgan fingerprint density at radius 3 is 2.56 bits per heavy atom. The van der Waals surface area contributed by atoms with Gasteiger partial charge in [-0.3, -0.25) is 9.36 Å². The van der Waals surface area contributed by atoms with E-state index in [0.29, 0.717) is 0 Å². The molecule has 9 heteroatoms. The number of carbonyl (C=O) groups is 1. The van der Waals surface area contributed by atoms with E-state index in [-0.39, 0.29) is 36.3 Å². The fraction of sp³-hybridized carbons (Fsp3) is 0.444. The number of nitrogens with one attached hydrogen (secondary N) is 1. The predicted molar refractivity (Wildman–Crippen MR) is 63.5 cm³/mol. The highest BCUT2D eigenvalue weighted by Gasteiger charge is 2.23. The van der Waals surface area contributed by atoms with Gasteiger partial charge in [0.25, 0.3) is 0 Å². The summed E-state index contributed by atoms with van der Waals surface area (Å²) in [5, 5.41) is 36.8. The molecule has 0 aliphatic carbocycles. The first-order valence-corrected chi connectivity index (χ1v) is 4.86. The number of amides is 1. The molecule has 1 aromatic heterocycles. The quantitative estimate of drug-likeness (QED) is 0.308. The molecular formula is C9H16ClN3O5. The Labute approximate surface area is 109 Å². The van der Waals surface area contributed by atoms with Crippen molar-refractivity contribution in [2.75, 3.05) is 0 Å². The van der Waals surface area contributed by atoms with Gasteiger partial charge in [-0.25, -0.2) is 0 Å². The van der Waals surface area contributed by atoms with E-state index >= 15 is 0 Å². The minimum absolute atomic E-state index is 0. The summed E-state index contributed by atoms with van der Waals surface area (Å²) in [5.74, 6) is -2.16. The molecule has 0 fully saturated rings. The molecule has 8 nitrogen and oxygen atoms in total. The van der Waals surface area contributed by atoms with Gasteiger partial charge in [-0.05, 0) is 6.92 Å². The molecular weight excluding hydrogens is 266 g/mol. The summed E-state index contributed by atoms with van der Waals surface area (Å²) < 4.78 is 0.933. The van der Waals surface area contributed by atoms with Crippen LogP contribution < -0.4 is 11.2 Å². The van der Waals surface area contributed by atoms with Crippen LogP contribution in [0.4, 0.5) is 0 Å². The molecule has 0 aliphatic heterocycles. The molecule has 0 radical (unpaired) electrons. The number of halogens is 1. The highest BCUT2D eigenvalue weighted by molar-refractivity contribution is 5.85. The van der Waals surface area contributed by atoms with Gasteiger partial charge < -0.3 is 26.3 Å². The summed E-state index contributed by atoms with van der Waals surface area (Å²) in [6.45, 7) is 1.18. The van der Waals surface area contributed by atoms with Gasteiger partial charge in [-0.15, -0.1) is 12.4 Å². The topological polar surface area (TPSA) is 141 Å². The van der Waals surface area contributed by atoms with Gasteiger partial charge in [0.05, 0.1) is 12.5 Å². The molecule has 18 heavy (non-hydrogen) atoms. The number of aromatic nitrogens is 1. The number of aromatic hydroxyl groups is 2. The van der Waals surface area contributed by atoms with Crippen LogP contribution in [0.3, 0.4) is 0 Å². The lowest BCUT2D eigenvalue weighted by atomic mass is 10.0. The molecule has 1 aromatic rings. The monoisotopic (exact) mass is 281 g/mol. The van der Waals surface area contributed by atoms with Crippen LogP contribution in [-0.2, 0) is 11.3 Å². The molecule has 1 amide bonds. The summed E-state index contributed by atoms with van der Waals surface area (Å²) >= 11 is 0. The van der Waals surface area contributed by atoms with E-state index in [9.17, 15) is 15.0 Å². The summed E-state index contributed by atoms with van der Waals surface area (Å²) in [6.07, 6.45) is -1.36. The van der Waals surface area contributed by atoms with Gasteiger partial charge >= 0.3 is 0 Å². The average molecular weight is 282 g/mol. The first-order chi connectivity index (χ1) is 7.88. The maximum atomic E-state index is 11.0. The summed E-state index contributed by atoms with van der Waals surface area (Å²) in [5.41, 5.74) is 6.78. The third kappa shape index (κ3) is 3.26. The van der Waals surface area contributed by atoms with Gasteiger partial charge in [0.2, 0.25) is 5.91 Å². The number of hydrogen-bond acceptors (Lipinski definition) is 6. The van der Waals surface area contributed by atoms with Crippen LogP contribution in [0.5, 0.6) is 11.8 Å². The first-order valence-electron chi connectivity index (χ1n) is 4.86. The minimum Gasteiger partial charge on any atom is -0.494 e. The normalized spacial score (nSPS) is 13.7. The molecule has 104 valence electrons. The van der Waals surface area contributed by atoms with E-state index in [4.69, 9.17) is 16.0 Å². The highest BCUT2D eigenvalue weighted by atomic mass is 35.5. The number of hydroxylamine groups is 1. The smallest absolute Gasteiger partial charge is 0.224 e. The van der Waals surface area contributed by atoms with Crippen LogP contribution in [0.25, 0.3) is 0 Å². The van der Waals surface area contributed by atoms with Crippen molar-refractivity contribution in [1.82, 2.24) is 10.0 Å². The van der Waals surface area contributed by atoms with Gasteiger partial charge in [-0.1, -0.05) is 0 Å². The molecule has 0 spiro atoms. The zero-order valence-corrected chi connectivity index (χ0v) is 10.4. The van der Waals surface area contributed by atoms with Crippen LogP contribution in [0.2, 0.25) is 0 Å². The van der Waals surface area contributed by atoms with Crippen molar-refractivity contribution >= 4 is 18.3 Å². The average Bonchev–Trinajstić information content (AvgIpc) is 2.55. The Kier molecular flexibility index (Phi) is 5.92. The fourth-order valence-corrected chi connectivity index (χ4v) is 1.41. The van der Waals surface area contributed by atoms with Gasteiger partial charge in [0.15, 0.2) is 11.8 Å². The zero-order valence-electron chi connectivity index (χ0n) is 9.57. The van der Waals surface area contributed by atoms with E-state index < -0.39 is 18.1 Å². The molecule has 0 bridgehead atoms. The summed E-state index contributed by atoms with van der Waals surface area (Å²) in [6, 6.07) is 1.18. The molecule has 0 aliphatic rings. The molecule has 0 unspecified atom stereocenters. The van der Waals surface area contributed by atoms with E-state index in [0.717, 1.165) is 4.57 Å². The molecule has 0 saturated carbocycles. The first kappa shape index (κ1) is 16.5. The van der Waals surface area contributed by atoms with Crippen LogP contribution in [0, 0.1) is 0 Å². The maximum Gasteiger partial charge on any atom is 0.224 e. The van der Waals surface area contributed by atoms with Crippen molar-refractivity contribution in [1.29, 1.82) is 0 Å². The number of aliphatic hydroxyl groups excluding tert-OH is 1. The third-order valence-corrected chi connectivity index (χ3v) is 2.47. The fourth-order valence-electron chi connectivity index (χ4n) is 1.41. The lowest BCUT2D eigenvalue weighted by Crippen LogP contribution is -2.29. The maximum absolute atomic E-state index is 11.0. The Morgan fingerprint density at radius 1 is 1.56 bits per heavy atom. The number of primary amides is 1. The SMILES string of the molecule is C[C@H](C(N)=O)c1cc(O)n(C[C@H](O)NO)c1O.Cl. The van der Waals surface area contributed by atoms with Crippen LogP contribution in [-0.4, -0.2) is 37.2 Å². The Hall–Kier alpha value is -1.48. The molecule has 0 saturated heterocycles. The summed E-state index contributed by atoms with van der Waals surface area (Å²) in [7, 11) is 0.